The first kappa shape index (κ1) is 32.9. The lowest BCUT2D eigenvalue weighted by Gasteiger charge is -2.19. The van der Waals surface area contributed by atoms with E-state index in [4.69, 9.17) is 4.42 Å². The minimum absolute atomic E-state index is 0.890. The number of para-hydroxylation sites is 1. The van der Waals surface area contributed by atoms with Gasteiger partial charge in [-0.3, -0.25) is 0 Å². The van der Waals surface area contributed by atoms with Gasteiger partial charge in [-0.25, -0.2) is 0 Å². The molecule has 0 N–H and O–H groups in total. The lowest BCUT2D eigenvalue weighted by Crippen LogP contribution is -1.91. The topological polar surface area (TPSA) is 13.1 Å². The Labute approximate surface area is 331 Å². The molecule has 1 aromatic heterocycles. The Kier molecular flexibility index (Phi) is 7.89. The van der Waals surface area contributed by atoms with Crippen molar-refractivity contribution in [1.29, 1.82) is 0 Å². The second-order valence-electron chi connectivity index (χ2n) is 14.8. The first-order valence-electron chi connectivity index (χ1n) is 19.6. The van der Waals surface area contributed by atoms with Crippen LogP contribution in [0.4, 0.5) is 0 Å². The molecular formula is C56H36O. The fourth-order valence-corrected chi connectivity index (χ4v) is 8.77. The van der Waals surface area contributed by atoms with Crippen molar-refractivity contribution in [2.24, 2.45) is 0 Å². The van der Waals surface area contributed by atoms with Crippen LogP contribution in [0.25, 0.3) is 110 Å². The van der Waals surface area contributed by atoms with E-state index in [9.17, 15) is 0 Å². The van der Waals surface area contributed by atoms with Crippen molar-refractivity contribution in [3.8, 4) is 66.8 Å². The van der Waals surface area contributed by atoms with Gasteiger partial charge in [-0.15, -0.1) is 0 Å². The number of fused-ring (bicyclic) bond motifs is 5. The second kappa shape index (κ2) is 13.7. The highest BCUT2D eigenvalue weighted by molar-refractivity contribution is 6.22. The summed E-state index contributed by atoms with van der Waals surface area (Å²) in [4.78, 5) is 0. The van der Waals surface area contributed by atoms with Crippen LogP contribution in [0.2, 0.25) is 0 Å². The Bertz CT molecular complexity index is 3270. The summed E-state index contributed by atoms with van der Waals surface area (Å²) in [6, 6.07) is 78.8. The molecule has 57 heavy (non-hydrogen) atoms. The van der Waals surface area contributed by atoms with Crippen LogP contribution >= 0.6 is 0 Å². The van der Waals surface area contributed by atoms with Crippen LogP contribution in [0, 0.1) is 0 Å². The molecule has 0 aliphatic rings. The maximum Gasteiger partial charge on any atom is 0.143 e. The largest absolute Gasteiger partial charge is 0.455 e. The van der Waals surface area contributed by atoms with Gasteiger partial charge < -0.3 is 4.42 Å². The van der Waals surface area contributed by atoms with Gasteiger partial charge in [0.25, 0.3) is 0 Å². The van der Waals surface area contributed by atoms with Crippen LogP contribution in [-0.2, 0) is 0 Å². The van der Waals surface area contributed by atoms with E-state index in [1.54, 1.807) is 0 Å². The Morgan fingerprint density at radius 2 is 0.649 bits per heavy atom. The normalized spacial score (nSPS) is 11.5. The molecule has 0 aliphatic carbocycles. The van der Waals surface area contributed by atoms with Crippen molar-refractivity contribution < 1.29 is 4.42 Å². The maximum absolute atomic E-state index is 6.69. The molecule has 0 spiro atoms. The number of benzene rings is 10. The summed E-state index contributed by atoms with van der Waals surface area (Å²) in [5, 5.41) is 7.24. The molecule has 0 aliphatic heterocycles. The minimum Gasteiger partial charge on any atom is -0.455 e. The lowest BCUT2D eigenvalue weighted by molar-refractivity contribution is 0.670. The molecule has 0 amide bonds. The van der Waals surface area contributed by atoms with Gasteiger partial charge in [0, 0.05) is 16.3 Å². The van der Waals surface area contributed by atoms with E-state index in [-0.39, 0.29) is 0 Å². The molecule has 0 atom stereocenters. The Hall–Kier alpha value is -7.48. The van der Waals surface area contributed by atoms with Gasteiger partial charge in [0.15, 0.2) is 0 Å². The highest BCUT2D eigenvalue weighted by Crippen LogP contribution is 2.45. The van der Waals surface area contributed by atoms with Gasteiger partial charge in [0.2, 0.25) is 0 Å². The predicted molar refractivity (Wildman–Crippen MR) is 241 cm³/mol. The molecule has 1 heteroatoms. The van der Waals surface area contributed by atoms with Crippen LogP contribution in [0.3, 0.4) is 0 Å². The zero-order valence-corrected chi connectivity index (χ0v) is 31.2. The van der Waals surface area contributed by atoms with E-state index in [2.05, 4.69) is 218 Å². The average molecular weight is 725 g/mol. The fourth-order valence-electron chi connectivity index (χ4n) is 8.77. The van der Waals surface area contributed by atoms with Crippen LogP contribution in [0.5, 0.6) is 0 Å². The third kappa shape index (κ3) is 5.72. The van der Waals surface area contributed by atoms with Crippen LogP contribution in [0.15, 0.2) is 223 Å². The molecule has 0 unspecified atom stereocenters. The average Bonchev–Trinajstić information content (AvgIpc) is 3.67. The van der Waals surface area contributed by atoms with Gasteiger partial charge >= 0.3 is 0 Å². The smallest absolute Gasteiger partial charge is 0.143 e. The van der Waals surface area contributed by atoms with E-state index >= 15 is 0 Å². The minimum atomic E-state index is 0.890. The molecule has 1 heterocycles. The first-order chi connectivity index (χ1) is 28.3. The summed E-state index contributed by atoms with van der Waals surface area (Å²) in [5.41, 5.74) is 16.1. The number of rotatable bonds is 6. The van der Waals surface area contributed by atoms with Crippen molar-refractivity contribution in [3.63, 3.8) is 0 Å². The third-order valence-electron chi connectivity index (χ3n) is 11.5. The van der Waals surface area contributed by atoms with Crippen molar-refractivity contribution >= 4 is 43.5 Å². The van der Waals surface area contributed by atoms with Crippen LogP contribution in [-0.4, -0.2) is 0 Å². The maximum atomic E-state index is 6.69. The van der Waals surface area contributed by atoms with Gasteiger partial charge in [-0.1, -0.05) is 188 Å². The van der Waals surface area contributed by atoms with Gasteiger partial charge in [-0.2, -0.15) is 0 Å². The summed E-state index contributed by atoms with van der Waals surface area (Å²) >= 11 is 0. The van der Waals surface area contributed by atoms with E-state index in [1.165, 1.54) is 71.6 Å². The second-order valence-corrected chi connectivity index (χ2v) is 14.8. The van der Waals surface area contributed by atoms with Crippen LogP contribution < -0.4 is 0 Å². The zero-order chi connectivity index (χ0) is 37.7. The SMILES string of the molecule is c1ccc(-c2cccc(-c3ccc4oc5c(-c6cccc(-c7ccc8c(-c9ccccc9)c9ccccc9c(-c9ccccc9)c8c7)c6)cccc5c4c3)c2)cc1. The Morgan fingerprint density at radius 3 is 1.30 bits per heavy atom. The van der Waals surface area contributed by atoms with Crippen molar-refractivity contribution in [2.75, 3.05) is 0 Å². The molecule has 10 aromatic carbocycles. The molecule has 11 rings (SSSR count). The number of hydrogen-bond donors (Lipinski definition) is 0. The molecule has 0 bridgehead atoms. The summed E-state index contributed by atoms with van der Waals surface area (Å²) < 4.78 is 6.69. The number of hydrogen-bond acceptors (Lipinski definition) is 1. The molecule has 11 aromatic rings. The zero-order valence-electron chi connectivity index (χ0n) is 31.2. The monoisotopic (exact) mass is 724 g/mol. The van der Waals surface area contributed by atoms with Gasteiger partial charge in [-0.05, 0) is 113 Å². The van der Waals surface area contributed by atoms with E-state index in [0.717, 1.165) is 38.6 Å². The number of furan rings is 1. The Morgan fingerprint density at radius 1 is 0.228 bits per heavy atom. The predicted octanol–water partition coefficient (Wildman–Crippen LogP) is 15.9. The van der Waals surface area contributed by atoms with Gasteiger partial charge in [0.05, 0.1) is 0 Å². The van der Waals surface area contributed by atoms with Gasteiger partial charge in [0.1, 0.15) is 11.2 Å². The van der Waals surface area contributed by atoms with E-state index < -0.39 is 0 Å². The molecule has 266 valence electrons. The molecule has 0 saturated carbocycles. The molecule has 0 fully saturated rings. The highest BCUT2D eigenvalue weighted by Gasteiger charge is 2.18. The summed E-state index contributed by atoms with van der Waals surface area (Å²) in [6.07, 6.45) is 0. The van der Waals surface area contributed by atoms with Crippen molar-refractivity contribution in [1.82, 2.24) is 0 Å². The van der Waals surface area contributed by atoms with E-state index in [0.29, 0.717) is 0 Å². The quantitative estimate of drug-likeness (QED) is 0.156. The molecular weight excluding hydrogens is 689 g/mol. The highest BCUT2D eigenvalue weighted by atomic mass is 16.3. The fraction of sp³-hybridized carbons (Fsp3) is 0. The summed E-state index contributed by atoms with van der Waals surface area (Å²) in [5.74, 6) is 0. The molecule has 0 saturated heterocycles. The van der Waals surface area contributed by atoms with Crippen molar-refractivity contribution in [3.05, 3.63) is 218 Å². The summed E-state index contributed by atoms with van der Waals surface area (Å²) in [6.45, 7) is 0. The third-order valence-corrected chi connectivity index (χ3v) is 11.5. The van der Waals surface area contributed by atoms with Crippen molar-refractivity contribution in [2.45, 2.75) is 0 Å². The standard InChI is InChI=1S/C56H36O/c1-4-15-37(16-5-1)40-21-12-22-41(33-40)44-30-32-53-51(35-44)50-28-14-27-46(56(50)57-53)45-24-13-23-42(34-45)43-29-31-49-52(36-43)55(39-19-8-3-9-20-39)48-26-11-10-25-47(48)54(49)38-17-6-2-7-18-38/h1-36H. The first-order valence-corrected chi connectivity index (χ1v) is 19.6. The molecule has 0 radical (unpaired) electrons. The van der Waals surface area contributed by atoms with Crippen LogP contribution in [0.1, 0.15) is 0 Å². The Balaban J connectivity index is 1.04. The molecule has 1 nitrogen and oxygen atoms in total. The lowest BCUT2D eigenvalue weighted by atomic mass is 9.85. The van der Waals surface area contributed by atoms with E-state index in [1.807, 2.05) is 0 Å². The summed E-state index contributed by atoms with van der Waals surface area (Å²) in [7, 11) is 0.